The van der Waals surface area contributed by atoms with Crippen molar-refractivity contribution in [2.75, 3.05) is 6.61 Å². The average Bonchev–Trinajstić information content (AvgIpc) is 2.00. The molecular weight excluding hydrogens is 166 g/mol. The largest absolute Gasteiger partial charge is 0.353 e. The van der Waals surface area contributed by atoms with Gasteiger partial charge in [0.2, 0.25) is 0 Å². The Bertz CT molecular complexity index is 242. The summed E-state index contributed by atoms with van der Waals surface area (Å²) >= 11 is 0. The molecule has 3 heteroatoms. The molecule has 0 aliphatic rings. The summed E-state index contributed by atoms with van der Waals surface area (Å²) in [5.41, 5.74) is -0.635. The van der Waals surface area contributed by atoms with E-state index < -0.39 is 5.60 Å². The number of rotatable bonds is 4. The van der Waals surface area contributed by atoms with Crippen LogP contribution in [0.2, 0.25) is 0 Å². The summed E-state index contributed by atoms with van der Waals surface area (Å²) in [5, 5.41) is 8.26. The van der Waals surface area contributed by atoms with Crippen LogP contribution in [0.15, 0.2) is 0 Å². The Morgan fingerprint density at radius 1 is 1.46 bits per heavy atom. The van der Waals surface area contributed by atoms with Crippen molar-refractivity contribution in [3.05, 3.63) is 0 Å². The number of ether oxygens (including phenoxy) is 2. The quantitative estimate of drug-likeness (QED) is 0.489. The minimum Gasteiger partial charge on any atom is -0.353 e. The fourth-order valence-electron chi connectivity index (χ4n) is 0.892. The van der Waals surface area contributed by atoms with Crippen molar-refractivity contribution < 1.29 is 9.47 Å². The van der Waals surface area contributed by atoms with E-state index in [9.17, 15) is 0 Å². The second kappa shape index (κ2) is 5.59. The highest BCUT2D eigenvalue weighted by atomic mass is 16.7. The summed E-state index contributed by atoms with van der Waals surface area (Å²) in [5.74, 6) is 5.00. The van der Waals surface area contributed by atoms with Crippen LogP contribution in [-0.4, -0.2) is 18.5 Å². The molecule has 0 saturated heterocycles. The molecule has 3 nitrogen and oxygen atoms in total. The van der Waals surface area contributed by atoms with Gasteiger partial charge in [-0.25, -0.2) is 0 Å². The molecule has 0 fully saturated rings. The minimum absolute atomic E-state index is 0.298. The number of nitrogens with zero attached hydrogens (tertiary/aromatic N) is 1. The lowest BCUT2D eigenvalue weighted by molar-refractivity contribution is -0.169. The van der Waals surface area contributed by atoms with Gasteiger partial charge in [0.05, 0.1) is 0 Å². The van der Waals surface area contributed by atoms with Crippen LogP contribution in [0.3, 0.4) is 0 Å². The predicted molar refractivity (Wildman–Crippen MR) is 49.6 cm³/mol. The van der Waals surface area contributed by atoms with Gasteiger partial charge in [-0.1, -0.05) is 5.92 Å². The van der Waals surface area contributed by atoms with E-state index in [-0.39, 0.29) is 6.29 Å². The Labute approximate surface area is 79.6 Å². The number of nitriles is 1. The third-order valence-electron chi connectivity index (χ3n) is 1.28. The highest BCUT2D eigenvalue weighted by Crippen LogP contribution is 2.11. The summed E-state index contributed by atoms with van der Waals surface area (Å²) in [6, 6.07) is 1.75. The van der Waals surface area contributed by atoms with Crippen molar-refractivity contribution in [1.82, 2.24) is 0 Å². The fraction of sp³-hybridized carbons (Fsp3) is 0.700. The Kier molecular flexibility index (Phi) is 5.14. The third kappa shape index (κ3) is 6.16. The normalized spacial score (nSPS) is 12.5. The summed E-state index contributed by atoms with van der Waals surface area (Å²) in [6.07, 6.45) is -0.298. The molecule has 0 saturated carbocycles. The molecule has 0 radical (unpaired) electrons. The van der Waals surface area contributed by atoms with Crippen molar-refractivity contribution in [3.8, 4) is 17.9 Å². The molecule has 0 bridgehead atoms. The van der Waals surface area contributed by atoms with Gasteiger partial charge in [-0.15, -0.1) is 0 Å². The standard InChI is InChI=1S/C10H15NO2/c1-5-12-9(2)13-10(3,4)7-6-8-11/h9H,5H2,1-4H3. The first-order valence-electron chi connectivity index (χ1n) is 4.22. The van der Waals surface area contributed by atoms with Gasteiger partial charge in [-0.05, 0) is 27.7 Å². The zero-order valence-corrected chi connectivity index (χ0v) is 8.55. The van der Waals surface area contributed by atoms with E-state index in [1.54, 1.807) is 26.8 Å². The van der Waals surface area contributed by atoms with Gasteiger partial charge in [-0.2, -0.15) is 5.26 Å². The molecule has 0 aromatic heterocycles. The van der Waals surface area contributed by atoms with Crippen molar-refractivity contribution in [2.45, 2.75) is 39.6 Å². The van der Waals surface area contributed by atoms with Crippen LogP contribution in [-0.2, 0) is 9.47 Å². The van der Waals surface area contributed by atoms with Crippen LogP contribution < -0.4 is 0 Å². The molecule has 0 aliphatic heterocycles. The monoisotopic (exact) mass is 181 g/mol. The van der Waals surface area contributed by atoms with E-state index in [2.05, 4.69) is 11.8 Å². The van der Waals surface area contributed by atoms with E-state index in [4.69, 9.17) is 14.7 Å². The molecule has 0 spiro atoms. The summed E-state index contributed by atoms with van der Waals surface area (Å²) in [4.78, 5) is 0. The molecule has 0 aromatic carbocycles. The minimum atomic E-state index is -0.635. The molecule has 1 atom stereocenters. The Morgan fingerprint density at radius 3 is 2.54 bits per heavy atom. The van der Waals surface area contributed by atoms with Crippen LogP contribution in [0, 0.1) is 23.2 Å². The third-order valence-corrected chi connectivity index (χ3v) is 1.28. The van der Waals surface area contributed by atoms with Gasteiger partial charge >= 0.3 is 0 Å². The van der Waals surface area contributed by atoms with Crippen LogP contribution in [0.4, 0.5) is 0 Å². The maximum atomic E-state index is 8.26. The first-order valence-corrected chi connectivity index (χ1v) is 4.22. The molecule has 0 aromatic rings. The molecule has 0 aliphatic carbocycles. The van der Waals surface area contributed by atoms with Crippen molar-refractivity contribution in [1.29, 1.82) is 5.26 Å². The molecule has 1 unspecified atom stereocenters. The predicted octanol–water partition coefficient (Wildman–Crippen LogP) is 1.69. The van der Waals surface area contributed by atoms with Gasteiger partial charge in [0.15, 0.2) is 12.4 Å². The molecule has 0 N–H and O–H groups in total. The summed E-state index contributed by atoms with van der Waals surface area (Å²) in [6.45, 7) is 7.90. The van der Waals surface area contributed by atoms with Crippen LogP contribution in [0.5, 0.6) is 0 Å². The smallest absolute Gasteiger partial charge is 0.156 e. The molecule has 13 heavy (non-hydrogen) atoms. The first kappa shape index (κ1) is 12.0. The Balaban J connectivity index is 4.10. The van der Waals surface area contributed by atoms with Gasteiger partial charge in [0, 0.05) is 12.5 Å². The van der Waals surface area contributed by atoms with Crippen molar-refractivity contribution >= 4 is 0 Å². The zero-order valence-electron chi connectivity index (χ0n) is 8.55. The van der Waals surface area contributed by atoms with Gasteiger partial charge in [0.25, 0.3) is 0 Å². The van der Waals surface area contributed by atoms with Gasteiger partial charge in [0.1, 0.15) is 5.60 Å². The Morgan fingerprint density at radius 2 is 2.08 bits per heavy atom. The summed E-state index contributed by atoms with van der Waals surface area (Å²) in [7, 11) is 0. The van der Waals surface area contributed by atoms with E-state index >= 15 is 0 Å². The molecular formula is C10H15NO2. The maximum absolute atomic E-state index is 8.26. The molecule has 72 valence electrons. The fourth-order valence-corrected chi connectivity index (χ4v) is 0.892. The molecule has 0 rings (SSSR count). The lowest BCUT2D eigenvalue weighted by Crippen LogP contribution is -2.29. The van der Waals surface area contributed by atoms with E-state index in [1.165, 1.54) is 0 Å². The maximum Gasteiger partial charge on any atom is 0.156 e. The van der Waals surface area contributed by atoms with Crippen LogP contribution >= 0.6 is 0 Å². The lowest BCUT2D eigenvalue weighted by atomic mass is 10.1. The average molecular weight is 181 g/mol. The van der Waals surface area contributed by atoms with Crippen LogP contribution in [0.25, 0.3) is 0 Å². The Hall–Kier alpha value is -1.03. The van der Waals surface area contributed by atoms with E-state index in [0.717, 1.165) is 0 Å². The number of hydrogen-bond donors (Lipinski definition) is 0. The van der Waals surface area contributed by atoms with Crippen LogP contribution in [0.1, 0.15) is 27.7 Å². The van der Waals surface area contributed by atoms with Gasteiger partial charge < -0.3 is 9.47 Å². The molecule has 0 amide bonds. The van der Waals surface area contributed by atoms with E-state index in [0.29, 0.717) is 6.61 Å². The summed E-state index contributed by atoms with van der Waals surface area (Å²) < 4.78 is 10.6. The second-order valence-corrected chi connectivity index (χ2v) is 3.01. The first-order chi connectivity index (χ1) is 6.02. The molecule has 0 heterocycles. The van der Waals surface area contributed by atoms with Gasteiger partial charge in [-0.3, -0.25) is 0 Å². The second-order valence-electron chi connectivity index (χ2n) is 3.01. The lowest BCUT2D eigenvalue weighted by Gasteiger charge is -2.23. The SMILES string of the molecule is CCOC(C)OC(C)(C)C#CC#N. The topological polar surface area (TPSA) is 42.2 Å². The zero-order chi connectivity index (χ0) is 10.3. The van der Waals surface area contributed by atoms with Crippen molar-refractivity contribution in [3.63, 3.8) is 0 Å². The number of hydrogen-bond acceptors (Lipinski definition) is 3. The van der Waals surface area contributed by atoms with E-state index in [1.807, 2.05) is 6.92 Å². The van der Waals surface area contributed by atoms with Crippen molar-refractivity contribution in [2.24, 2.45) is 0 Å². The highest BCUT2D eigenvalue weighted by Gasteiger charge is 2.18. The highest BCUT2D eigenvalue weighted by molar-refractivity contribution is 5.22.